The van der Waals surface area contributed by atoms with Crippen molar-refractivity contribution in [3.8, 4) is 0 Å². The maximum atomic E-state index is 13.9. The smallest absolute Gasteiger partial charge is 0.263 e. The van der Waals surface area contributed by atoms with Gasteiger partial charge in [-0.15, -0.1) is 0 Å². The lowest BCUT2D eigenvalue weighted by Gasteiger charge is -2.14. The summed E-state index contributed by atoms with van der Waals surface area (Å²) >= 11 is 0. The fourth-order valence-corrected chi connectivity index (χ4v) is 2.85. The first-order valence-electron chi connectivity index (χ1n) is 5.84. The van der Waals surface area contributed by atoms with Gasteiger partial charge in [-0.2, -0.15) is 27.1 Å². The van der Waals surface area contributed by atoms with E-state index in [0.717, 1.165) is 4.68 Å². The van der Waals surface area contributed by atoms with Crippen molar-refractivity contribution in [2.45, 2.75) is 44.3 Å². The van der Waals surface area contributed by atoms with Crippen molar-refractivity contribution in [3.05, 3.63) is 17.0 Å². The number of hydrogen-bond donors (Lipinski definition) is 0. The third-order valence-corrected chi connectivity index (χ3v) is 3.64. The van der Waals surface area contributed by atoms with Crippen LogP contribution in [0.1, 0.15) is 42.6 Å². The van der Waals surface area contributed by atoms with Crippen LogP contribution < -0.4 is 0 Å². The molecule has 2 aliphatic carbocycles. The van der Waals surface area contributed by atoms with Gasteiger partial charge in [0.2, 0.25) is 0 Å². The highest BCUT2D eigenvalue weighted by atomic mass is 19.4. The number of fused-ring (bicyclic) bond motifs is 3. The summed E-state index contributed by atoms with van der Waals surface area (Å²) in [6.07, 6.45) is -4.05. The van der Waals surface area contributed by atoms with E-state index in [2.05, 4.69) is 5.10 Å². The lowest BCUT2D eigenvalue weighted by atomic mass is 10.1. The summed E-state index contributed by atoms with van der Waals surface area (Å²) in [6.45, 7) is 1.81. The maximum Gasteiger partial charge on any atom is 0.435 e. The fourth-order valence-electron chi connectivity index (χ4n) is 2.85. The summed E-state index contributed by atoms with van der Waals surface area (Å²) in [6, 6.07) is 0. The van der Waals surface area contributed by atoms with E-state index in [1.165, 1.54) is 0 Å². The summed E-state index contributed by atoms with van der Waals surface area (Å²) in [7, 11) is 0. The molecule has 1 aromatic heterocycles. The molecule has 3 rings (SSSR count). The zero-order valence-corrected chi connectivity index (χ0v) is 9.56. The van der Waals surface area contributed by atoms with Gasteiger partial charge in [-0.1, -0.05) is 6.92 Å². The van der Waals surface area contributed by atoms with Crippen LogP contribution in [0.25, 0.3) is 0 Å². The summed E-state index contributed by atoms with van der Waals surface area (Å²) in [5.74, 6) is -4.77. The van der Waals surface area contributed by atoms with E-state index in [-0.39, 0.29) is 18.5 Å². The molecule has 7 heteroatoms. The molecule has 100 valence electrons. The van der Waals surface area contributed by atoms with E-state index in [1.807, 2.05) is 0 Å². The molecule has 2 nitrogen and oxygen atoms in total. The highest BCUT2D eigenvalue weighted by Gasteiger charge is 2.68. The molecule has 0 aliphatic heterocycles. The molecule has 1 aromatic rings. The van der Waals surface area contributed by atoms with Gasteiger partial charge in [0, 0.05) is 18.0 Å². The zero-order chi connectivity index (χ0) is 13.3. The number of aromatic nitrogens is 2. The van der Waals surface area contributed by atoms with Gasteiger partial charge >= 0.3 is 6.18 Å². The van der Waals surface area contributed by atoms with E-state index >= 15 is 0 Å². The topological polar surface area (TPSA) is 17.8 Å². The van der Waals surface area contributed by atoms with Crippen LogP contribution in [0.5, 0.6) is 0 Å². The van der Waals surface area contributed by atoms with Crippen molar-refractivity contribution in [1.82, 2.24) is 9.78 Å². The largest absolute Gasteiger partial charge is 0.435 e. The molecule has 0 amide bonds. The molecule has 2 atom stereocenters. The van der Waals surface area contributed by atoms with Crippen LogP contribution in [0.2, 0.25) is 0 Å². The minimum atomic E-state index is -4.66. The van der Waals surface area contributed by atoms with Crippen LogP contribution >= 0.6 is 0 Å². The minimum Gasteiger partial charge on any atom is -0.263 e. The first-order valence-corrected chi connectivity index (χ1v) is 5.84. The second-order valence-electron chi connectivity index (χ2n) is 4.90. The second kappa shape index (κ2) is 3.24. The summed E-state index contributed by atoms with van der Waals surface area (Å²) in [5.41, 5.74) is -1.88. The molecular weight excluding hydrogens is 255 g/mol. The summed E-state index contributed by atoms with van der Waals surface area (Å²) in [5, 5.41) is 3.38. The van der Waals surface area contributed by atoms with Crippen LogP contribution in [-0.4, -0.2) is 9.78 Å². The Morgan fingerprint density at radius 2 is 2.06 bits per heavy atom. The lowest BCUT2D eigenvalue weighted by Crippen LogP contribution is -2.20. The Kier molecular flexibility index (Phi) is 2.15. The first-order chi connectivity index (χ1) is 8.28. The van der Waals surface area contributed by atoms with Gasteiger partial charge < -0.3 is 0 Å². The number of nitrogens with zero attached hydrogens (tertiary/aromatic N) is 2. The Morgan fingerprint density at radius 3 is 2.61 bits per heavy atom. The highest BCUT2D eigenvalue weighted by Crippen LogP contribution is 2.68. The molecule has 0 aromatic carbocycles. The van der Waals surface area contributed by atoms with Gasteiger partial charge in [-0.05, 0) is 18.8 Å². The molecule has 0 bridgehead atoms. The predicted octanol–water partition coefficient (Wildman–Crippen LogP) is 3.52. The highest BCUT2D eigenvalue weighted by molar-refractivity contribution is 5.46. The van der Waals surface area contributed by atoms with Crippen LogP contribution in [-0.2, 0) is 18.6 Å². The normalized spacial score (nSPS) is 28.1. The van der Waals surface area contributed by atoms with Crippen LogP contribution in [0.4, 0.5) is 22.0 Å². The molecule has 2 aliphatic rings. The van der Waals surface area contributed by atoms with Crippen molar-refractivity contribution in [3.63, 3.8) is 0 Å². The zero-order valence-electron chi connectivity index (χ0n) is 9.56. The number of rotatable bonds is 2. The molecule has 18 heavy (non-hydrogen) atoms. The molecule has 0 radical (unpaired) electrons. The average molecular weight is 266 g/mol. The minimum absolute atomic E-state index is 0.0907. The van der Waals surface area contributed by atoms with Crippen LogP contribution in [0.3, 0.4) is 0 Å². The van der Waals surface area contributed by atoms with E-state index < -0.39 is 35.3 Å². The third-order valence-electron chi connectivity index (χ3n) is 3.64. The standard InChI is InChI=1S/C11H11F5N2/c1-2-3-18-9-7(8(17-18)11(14,15)16)5-4-6(5)10(9,12)13/h5-6H,2-4H2,1H3/t5-,6+/m0/s1. The Morgan fingerprint density at radius 1 is 1.39 bits per heavy atom. The molecule has 0 unspecified atom stereocenters. The quantitative estimate of drug-likeness (QED) is 0.749. The fraction of sp³-hybridized carbons (Fsp3) is 0.727. The average Bonchev–Trinajstić information content (AvgIpc) is 2.87. The molecule has 0 spiro atoms. The molecule has 0 saturated heterocycles. The van der Waals surface area contributed by atoms with Crippen molar-refractivity contribution < 1.29 is 22.0 Å². The lowest BCUT2D eigenvalue weighted by molar-refractivity contribution is -0.142. The van der Waals surface area contributed by atoms with E-state index in [9.17, 15) is 22.0 Å². The van der Waals surface area contributed by atoms with Crippen molar-refractivity contribution in [2.24, 2.45) is 5.92 Å². The van der Waals surface area contributed by atoms with Gasteiger partial charge in [0.1, 0.15) is 5.69 Å². The number of alkyl halides is 5. The van der Waals surface area contributed by atoms with Crippen molar-refractivity contribution in [1.29, 1.82) is 0 Å². The van der Waals surface area contributed by atoms with Gasteiger partial charge in [0.05, 0.1) is 0 Å². The molecular formula is C11H11F5N2. The van der Waals surface area contributed by atoms with Crippen LogP contribution in [0.15, 0.2) is 0 Å². The second-order valence-corrected chi connectivity index (χ2v) is 4.90. The Balaban J connectivity index is 2.19. The molecule has 1 saturated carbocycles. The van der Waals surface area contributed by atoms with Gasteiger partial charge in [0.15, 0.2) is 5.69 Å². The van der Waals surface area contributed by atoms with Crippen LogP contribution in [0, 0.1) is 5.92 Å². The maximum absolute atomic E-state index is 13.9. The number of hydrogen-bond acceptors (Lipinski definition) is 1. The molecule has 0 N–H and O–H groups in total. The number of aryl methyl sites for hydroxylation is 1. The van der Waals surface area contributed by atoms with E-state index in [0.29, 0.717) is 6.42 Å². The van der Waals surface area contributed by atoms with Gasteiger partial charge in [-0.3, -0.25) is 4.68 Å². The summed E-state index contributed by atoms with van der Waals surface area (Å²) < 4.78 is 67.2. The molecule has 1 fully saturated rings. The van der Waals surface area contributed by atoms with Crippen molar-refractivity contribution in [2.75, 3.05) is 0 Å². The SMILES string of the molecule is CCCn1nc(C(F)(F)F)c2c1C(F)(F)[C@@H]1C[C@H]21. The monoisotopic (exact) mass is 266 g/mol. The Bertz CT molecular complexity index is 502. The number of halogens is 5. The predicted molar refractivity (Wildman–Crippen MR) is 52.3 cm³/mol. The van der Waals surface area contributed by atoms with Gasteiger partial charge in [0.25, 0.3) is 5.92 Å². The van der Waals surface area contributed by atoms with E-state index in [4.69, 9.17) is 0 Å². The Labute approximate surface area is 99.8 Å². The van der Waals surface area contributed by atoms with Crippen molar-refractivity contribution >= 4 is 0 Å². The Hall–Kier alpha value is -1.14. The molecule has 1 heterocycles. The first kappa shape index (κ1) is 11.9. The summed E-state index contributed by atoms with van der Waals surface area (Å²) in [4.78, 5) is 0. The van der Waals surface area contributed by atoms with E-state index in [1.54, 1.807) is 6.92 Å². The third kappa shape index (κ3) is 1.36. The van der Waals surface area contributed by atoms with Gasteiger partial charge in [-0.25, -0.2) is 0 Å².